The number of hydrogen-bond donors (Lipinski definition) is 0. The van der Waals surface area contributed by atoms with Gasteiger partial charge in [0.1, 0.15) is 5.78 Å². The van der Waals surface area contributed by atoms with Gasteiger partial charge in [0.2, 0.25) is 0 Å². The summed E-state index contributed by atoms with van der Waals surface area (Å²) in [4.78, 5) is 23.4. The second-order valence-electron chi connectivity index (χ2n) is 10.0. The fourth-order valence-electron chi connectivity index (χ4n) is 7.45. The summed E-state index contributed by atoms with van der Waals surface area (Å²) in [6.45, 7) is 4.93. The van der Waals surface area contributed by atoms with Crippen LogP contribution in [0.5, 0.6) is 0 Å². The molecule has 3 heteroatoms. The van der Waals surface area contributed by atoms with Crippen LogP contribution in [-0.2, 0) is 4.79 Å². The first-order valence-electron chi connectivity index (χ1n) is 10.7. The first kappa shape index (κ1) is 17.5. The summed E-state index contributed by atoms with van der Waals surface area (Å²) in [7, 11) is 0. The van der Waals surface area contributed by atoms with Crippen molar-refractivity contribution in [3.05, 3.63) is 46.0 Å². The van der Waals surface area contributed by atoms with Gasteiger partial charge in [-0.3, -0.25) is 4.79 Å². The van der Waals surface area contributed by atoms with Gasteiger partial charge >= 0.3 is 5.63 Å². The fraction of sp³-hybridized carbons (Fsp3) is 0.667. The minimum absolute atomic E-state index is 0.189. The Kier molecular flexibility index (Phi) is 3.83. The third-order valence-corrected chi connectivity index (χ3v) is 9.01. The van der Waals surface area contributed by atoms with Gasteiger partial charge in [0.25, 0.3) is 0 Å². The van der Waals surface area contributed by atoms with Crippen LogP contribution in [0.2, 0.25) is 0 Å². The Morgan fingerprint density at radius 3 is 2.70 bits per heavy atom. The SMILES string of the molecule is C[C@]12CCC(=O)C[C@H]1CC[C@H]1C3=CC[C@H](c4ccc(=O)oc4)[C@@]3(C)CC[C@@H]12. The summed E-state index contributed by atoms with van der Waals surface area (Å²) in [6.07, 6.45) is 12.9. The van der Waals surface area contributed by atoms with E-state index in [-0.39, 0.29) is 11.0 Å². The molecule has 0 saturated heterocycles. The summed E-state index contributed by atoms with van der Waals surface area (Å²) in [6, 6.07) is 3.53. The largest absolute Gasteiger partial charge is 0.431 e. The first-order chi connectivity index (χ1) is 12.9. The van der Waals surface area contributed by atoms with Gasteiger partial charge in [0, 0.05) is 18.9 Å². The van der Waals surface area contributed by atoms with Gasteiger partial charge in [0.15, 0.2) is 0 Å². The molecule has 3 saturated carbocycles. The van der Waals surface area contributed by atoms with Crippen molar-refractivity contribution < 1.29 is 9.21 Å². The lowest BCUT2D eigenvalue weighted by atomic mass is 9.46. The topological polar surface area (TPSA) is 47.3 Å². The number of allylic oxidation sites excluding steroid dienone is 2. The molecule has 0 bridgehead atoms. The predicted octanol–water partition coefficient (Wildman–Crippen LogP) is 5.26. The van der Waals surface area contributed by atoms with E-state index in [2.05, 4.69) is 19.9 Å². The average molecular weight is 367 g/mol. The number of rotatable bonds is 1. The number of fused-ring (bicyclic) bond motifs is 5. The highest BCUT2D eigenvalue weighted by atomic mass is 16.4. The summed E-state index contributed by atoms with van der Waals surface area (Å²) in [5, 5.41) is 0. The number of Topliss-reactive ketones (excluding diaryl/α,β-unsaturated/α-hetero) is 1. The van der Waals surface area contributed by atoms with Gasteiger partial charge in [0.05, 0.1) is 6.26 Å². The molecular formula is C24H30O3. The van der Waals surface area contributed by atoms with Crippen molar-refractivity contribution in [1.29, 1.82) is 0 Å². The molecule has 27 heavy (non-hydrogen) atoms. The second-order valence-corrected chi connectivity index (χ2v) is 10.0. The van der Waals surface area contributed by atoms with Crippen LogP contribution >= 0.6 is 0 Å². The summed E-state index contributed by atoms with van der Waals surface area (Å²) < 4.78 is 5.19. The molecule has 4 aliphatic rings. The molecule has 6 atom stereocenters. The van der Waals surface area contributed by atoms with E-state index in [0.29, 0.717) is 29.0 Å². The van der Waals surface area contributed by atoms with Crippen molar-refractivity contribution in [2.75, 3.05) is 0 Å². The van der Waals surface area contributed by atoms with Crippen molar-refractivity contribution in [1.82, 2.24) is 0 Å². The number of ketones is 1. The highest BCUT2D eigenvalue weighted by Crippen LogP contribution is 2.66. The predicted molar refractivity (Wildman–Crippen MR) is 104 cm³/mol. The molecule has 3 fully saturated rings. The van der Waals surface area contributed by atoms with E-state index < -0.39 is 0 Å². The molecular weight excluding hydrogens is 336 g/mol. The van der Waals surface area contributed by atoms with Crippen LogP contribution < -0.4 is 5.63 Å². The molecule has 0 amide bonds. The number of carbonyl (C=O) groups is 1. The Hall–Kier alpha value is -1.64. The standard InChI is InChI=1S/C24H30O3/c1-23-11-9-17(25)13-16(23)4-5-18-20-7-6-19(15-3-8-22(26)27-14-15)24(20,2)12-10-21(18)23/h3,7-8,14,16,18-19,21H,4-6,9-13H2,1-2H3/t16-,18+,19-,21+,23+,24-/m1/s1. The van der Waals surface area contributed by atoms with Crippen molar-refractivity contribution in [2.24, 2.45) is 28.6 Å². The summed E-state index contributed by atoms with van der Waals surface area (Å²) >= 11 is 0. The number of hydrogen-bond acceptors (Lipinski definition) is 3. The lowest BCUT2D eigenvalue weighted by molar-refractivity contribution is -0.131. The zero-order valence-electron chi connectivity index (χ0n) is 16.5. The van der Waals surface area contributed by atoms with Crippen molar-refractivity contribution in [3.8, 4) is 0 Å². The molecule has 1 heterocycles. The molecule has 4 aliphatic carbocycles. The molecule has 0 aromatic carbocycles. The minimum Gasteiger partial charge on any atom is -0.431 e. The maximum atomic E-state index is 12.0. The van der Waals surface area contributed by atoms with E-state index in [1.807, 2.05) is 6.07 Å². The van der Waals surface area contributed by atoms with Crippen LogP contribution in [0.15, 0.2) is 39.3 Å². The van der Waals surface area contributed by atoms with Crippen molar-refractivity contribution >= 4 is 5.78 Å². The quantitative estimate of drug-likeness (QED) is 0.637. The third-order valence-electron chi connectivity index (χ3n) is 9.01. The van der Waals surface area contributed by atoms with Gasteiger partial charge in [-0.2, -0.15) is 0 Å². The smallest absolute Gasteiger partial charge is 0.335 e. The van der Waals surface area contributed by atoms with E-state index in [0.717, 1.165) is 31.6 Å². The molecule has 144 valence electrons. The molecule has 0 spiro atoms. The van der Waals surface area contributed by atoms with Gasteiger partial charge in [-0.1, -0.05) is 25.5 Å². The highest BCUT2D eigenvalue weighted by Gasteiger charge is 2.57. The molecule has 5 rings (SSSR count). The van der Waals surface area contributed by atoms with Gasteiger partial charge in [-0.25, -0.2) is 4.79 Å². The summed E-state index contributed by atoms with van der Waals surface area (Å²) in [5.41, 5.74) is 3.11. The van der Waals surface area contributed by atoms with E-state index in [1.54, 1.807) is 17.9 Å². The highest BCUT2D eigenvalue weighted by molar-refractivity contribution is 5.79. The molecule has 0 unspecified atom stereocenters. The van der Waals surface area contributed by atoms with Crippen LogP contribution in [0.25, 0.3) is 0 Å². The second kappa shape index (κ2) is 5.93. The Morgan fingerprint density at radius 1 is 1.07 bits per heavy atom. The Labute approximate surface area is 161 Å². The number of carbonyl (C=O) groups excluding carboxylic acids is 1. The van der Waals surface area contributed by atoms with Crippen LogP contribution in [0.4, 0.5) is 0 Å². The van der Waals surface area contributed by atoms with E-state index >= 15 is 0 Å². The molecule has 1 aromatic rings. The molecule has 0 radical (unpaired) electrons. The average Bonchev–Trinajstić information content (AvgIpc) is 3.00. The lowest BCUT2D eigenvalue weighted by Gasteiger charge is -2.58. The first-order valence-corrected chi connectivity index (χ1v) is 10.7. The third kappa shape index (κ3) is 2.46. The summed E-state index contributed by atoms with van der Waals surface area (Å²) in [5.74, 6) is 2.93. The Balaban J connectivity index is 1.45. The zero-order chi connectivity index (χ0) is 18.8. The lowest BCUT2D eigenvalue weighted by Crippen LogP contribution is -2.51. The Bertz CT molecular complexity index is 844. The minimum atomic E-state index is -0.267. The zero-order valence-corrected chi connectivity index (χ0v) is 16.5. The molecule has 1 aromatic heterocycles. The van der Waals surface area contributed by atoms with Gasteiger partial charge in [-0.05, 0) is 84.7 Å². The molecule has 0 aliphatic heterocycles. The maximum absolute atomic E-state index is 12.0. The molecule has 3 nitrogen and oxygen atoms in total. The molecule has 0 N–H and O–H groups in total. The van der Waals surface area contributed by atoms with Gasteiger partial charge in [-0.15, -0.1) is 0 Å². The van der Waals surface area contributed by atoms with Crippen LogP contribution in [0.1, 0.15) is 76.7 Å². The van der Waals surface area contributed by atoms with Crippen molar-refractivity contribution in [2.45, 2.75) is 71.1 Å². The van der Waals surface area contributed by atoms with Crippen LogP contribution in [-0.4, -0.2) is 5.78 Å². The Morgan fingerprint density at radius 2 is 1.93 bits per heavy atom. The van der Waals surface area contributed by atoms with E-state index in [4.69, 9.17) is 4.42 Å². The normalized spacial score (nSPS) is 43.5. The van der Waals surface area contributed by atoms with Crippen LogP contribution in [0, 0.1) is 28.6 Å². The van der Waals surface area contributed by atoms with Crippen molar-refractivity contribution in [3.63, 3.8) is 0 Å². The van der Waals surface area contributed by atoms with E-state index in [9.17, 15) is 9.59 Å². The van der Waals surface area contributed by atoms with Gasteiger partial charge < -0.3 is 4.42 Å². The monoisotopic (exact) mass is 366 g/mol. The van der Waals surface area contributed by atoms with Crippen LogP contribution in [0.3, 0.4) is 0 Å². The van der Waals surface area contributed by atoms with E-state index in [1.165, 1.54) is 31.2 Å². The maximum Gasteiger partial charge on any atom is 0.335 e. The fourth-order valence-corrected chi connectivity index (χ4v) is 7.45.